The number of halogens is 3. The van der Waals surface area contributed by atoms with Crippen molar-refractivity contribution in [3.63, 3.8) is 0 Å². The highest BCUT2D eigenvalue weighted by Gasteiger charge is 2.56. The number of hydrogen-bond acceptors (Lipinski definition) is 2. The van der Waals surface area contributed by atoms with Crippen LogP contribution in [-0.2, 0) is 15.0 Å². The molecule has 0 N–H and O–H groups in total. The summed E-state index contributed by atoms with van der Waals surface area (Å²) < 4.78 is 39.0. The summed E-state index contributed by atoms with van der Waals surface area (Å²) in [7, 11) is 1.23. The Morgan fingerprint density at radius 3 is 1.92 bits per heavy atom. The molecule has 3 nitrogen and oxygen atoms in total. The molecule has 1 fully saturated rings. The molecule has 25 heavy (non-hydrogen) atoms. The van der Waals surface area contributed by atoms with Crippen LogP contribution in [-0.4, -0.2) is 30.3 Å². The quantitative estimate of drug-likeness (QED) is 0.832. The molecule has 3 rings (SSSR count). The molecule has 0 saturated carbocycles. The number of carbonyl (C=O) groups is 1. The molecule has 6 heteroatoms. The Morgan fingerprint density at radius 2 is 1.52 bits per heavy atom. The molecule has 0 aliphatic carbocycles. The van der Waals surface area contributed by atoms with Crippen molar-refractivity contribution in [3.8, 4) is 0 Å². The van der Waals surface area contributed by atoms with Crippen LogP contribution in [0, 0.1) is 0 Å². The van der Waals surface area contributed by atoms with Crippen molar-refractivity contribution in [2.24, 2.45) is 0 Å². The Bertz CT molecular complexity index is 692. The van der Waals surface area contributed by atoms with Gasteiger partial charge in [-0.25, -0.2) is 5.06 Å². The van der Waals surface area contributed by atoms with Crippen LogP contribution in [0.3, 0.4) is 0 Å². The van der Waals surface area contributed by atoms with E-state index in [0.29, 0.717) is 11.1 Å². The van der Waals surface area contributed by atoms with Crippen LogP contribution < -0.4 is 0 Å². The summed E-state index contributed by atoms with van der Waals surface area (Å²) in [4.78, 5) is 18.3. The highest BCUT2D eigenvalue weighted by molar-refractivity contribution is 5.94. The second-order valence-corrected chi connectivity index (χ2v) is 6.13. The largest absolute Gasteiger partial charge is 0.391 e. The summed E-state index contributed by atoms with van der Waals surface area (Å²) in [5.74, 6) is -0.471. The first-order chi connectivity index (χ1) is 11.9. The van der Waals surface area contributed by atoms with Crippen LogP contribution in [0.4, 0.5) is 13.2 Å². The molecule has 1 aliphatic rings. The van der Waals surface area contributed by atoms with Crippen LogP contribution in [0.5, 0.6) is 0 Å². The molecule has 0 radical (unpaired) electrons. The minimum Gasteiger partial charge on any atom is -0.274 e. The lowest BCUT2D eigenvalue weighted by Gasteiger charge is -2.28. The molecule has 1 heterocycles. The molecule has 1 aliphatic heterocycles. The zero-order valence-electron chi connectivity index (χ0n) is 13.7. The fraction of sp³-hybridized carbons (Fsp3) is 0.316. The maximum atomic E-state index is 13.2. The maximum absolute atomic E-state index is 13.2. The molecule has 1 unspecified atom stereocenters. The van der Waals surface area contributed by atoms with E-state index in [0.717, 1.165) is 5.06 Å². The summed E-state index contributed by atoms with van der Waals surface area (Å²) >= 11 is 0. The average Bonchev–Trinajstić information content (AvgIpc) is 2.87. The van der Waals surface area contributed by atoms with Gasteiger partial charge in [0.25, 0.3) is 5.91 Å². The van der Waals surface area contributed by atoms with E-state index < -0.39 is 30.0 Å². The molecule has 1 atom stereocenters. The Hall–Kier alpha value is -2.34. The minimum absolute atomic E-state index is 0.00715. The van der Waals surface area contributed by atoms with Gasteiger partial charge in [0, 0.05) is 0 Å². The molecular weight excluding hydrogens is 331 g/mol. The predicted molar refractivity (Wildman–Crippen MR) is 86.6 cm³/mol. The van der Waals surface area contributed by atoms with E-state index in [1.165, 1.54) is 7.11 Å². The lowest BCUT2D eigenvalue weighted by atomic mass is 9.72. The molecule has 0 aromatic heterocycles. The third-order valence-corrected chi connectivity index (χ3v) is 4.64. The van der Waals surface area contributed by atoms with Gasteiger partial charge in [0.2, 0.25) is 0 Å². The van der Waals surface area contributed by atoms with Crippen LogP contribution >= 0.6 is 0 Å². The zero-order chi connectivity index (χ0) is 18.1. The molecule has 0 spiro atoms. The SMILES string of the molecule is CON1C(=O)C(c2ccccc2)(c2ccccc2)CC1CC(F)(F)F. The van der Waals surface area contributed by atoms with Gasteiger partial charge in [-0.05, 0) is 17.5 Å². The van der Waals surface area contributed by atoms with Gasteiger partial charge in [0.1, 0.15) is 5.41 Å². The lowest BCUT2D eigenvalue weighted by molar-refractivity contribution is -0.198. The van der Waals surface area contributed by atoms with E-state index in [-0.39, 0.29) is 6.42 Å². The summed E-state index contributed by atoms with van der Waals surface area (Å²) in [6.45, 7) is 0. The smallest absolute Gasteiger partial charge is 0.274 e. The number of hydrogen-bond donors (Lipinski definition) is 0. The molecule has 132 valence electrons. The fourth-order valence-electron chi connectivity index (χ4n) is 3.63. The summed E-state index contributed by atoms with van der Waals surface area (Å²) in [6.07, 6.45) is -5.48. The van der Waals surface area contributed by atoms with E-state index in [1.807, 2.05) is 12.1 Å². The number of rotatable bonds is 4. The monoisotopic (exact) mass is 349 g/mol. The highest BCUT2D eigenvalue weighted by atomic mass is 19.4. The number of carbonyl (C=O) groups excluding carboxylic acids is 1. The first kappa shape index (κ1) is 17.5. The maximum Gasteiger partial charge on any atom is 0.391 e. The second-order valence-electron chi connectivity index (χ2n) is 6.13. The highest BCUT2D eigenvalue weighted by Crippen LogP contribution is 2.47. The van der Waals surface area contributed by atoms with Gasteiger partial charge in [0.15, 0.2) is 0 Å². The zero-order valence-corrected chi connectivity index (χ0v) is 13.7. The van der Waals surface area contributed by atoms with Gasteiger partial charge in [-0.3, -0.25) is 9.63 Å². The first-order valence-electron chi connectivity index (χ1n) is 7.94. The van der Waals surface area contributed by atoms with Crippen molar-refractivity contribution in [2.75, 3.05) is 7.11 Å². The summed E-state index contributed by atoms with van der Waals surface area (Å²) in [6, 6.07) is 16.8. The molecule has 2 aromatic rings. The van der Waals surface area contributed by atoms with Crippen LogP contribution in [0.1, 0.15) is 24.0 Å². The Kier molecular flexibility index (Phi) is 4.56. The number of hydroxylamine groups is 2. The van der Waals surface area contributed by atoms with Crippen molar-refractivity contribution in [3.05, 3.63) is 71.8 Å². The number of alkyl halides is 3. The van der Waals surface area contributed by atoms with Crippen molar-refractivity contribution >= 4 is 5.91 Å². The van der Waals surface area contributed by atoms with E-state index in [2.05, 4.69) is 0 Å². The molecular formula is C19H18F3NO2. The van der Waals surface area contributed by atoms with E-state index in [4.69, 9.17) is 4.84 Å². The van der Waals surface area contributed by atoms with Gasteiger partial charge in [-0.1, -0.05) is 60.7 Å². The van der Waals surface area contributed by atoms with Crippen molar-refractivity contribution in [2.45, 2.75) is 30.5 Å². The van der Waals surface area contributed by atoms with Gasteiger partial charge >= 0.3 is 6.18 Å². The first-order valence-corrected chi connectivity index (χ1v) is 7.94. The van der Waals surface area contributed by atoms with E-state index in [9.17, 15) is 18.0 Å². The third kappa shape index (κ3) is 3.14. The topological polar surface area (TPSA) is 29.5 Å². The molecule has 1 saturated heterocycles. The minimum atomic E-state index is -4.38. The van der Waals surface area contributed by atoms with Gasteiger partial charge in [0.05, 0.1) is 19.6 Å². The van der Waals surface area contributed by atoms with Crippen molar-refractivity contribution in [1.82, 2.24) is 5.06 Å². The van der Waals surface area contributed by atoms with Gasteiger partial charge < -0.3 is 0 Å². The number of nitrogens with zero attached hydrogens (tertiary/aromatic N) is 1. The number of benzene rings is 2. The van der Waals surface area contributed by atoms with E-state index in [1.54, 1.807) is 48.5 Å². The molecule has 1 amide bonds. The lowest BCUT2D eigenvalue weighted by Crippen LogP contribution is -2.40. The fourth-order valence-corrected chi connectivity index (χ4v) is 3.63. The summed E-state index contributed by atoms with van der Waals surface area (Å²) in [5.41, 5.74) is 0.143. The van der Waals surface area contributed by atoms with Crippen molar-refractivity contribution in [1.29, 1.82) is 0 Å². The Balaban J connectivity index is 2.14. The van der Waals surface area contributed by atoms with E-state index >= 15 is 0 Å². The Morgan fingerprint density at radius 1 is 1.04 bits per heavy atom. The molecule has 0 bridgehead atoms. The average molecular weight is 349 g/mol. The predicted octanol–water partition coefficient (Wildman–Crippen LogP) is 4.09. The molecule has 2 aromatic carbocycles. The van der Waals surface area contributed by atoms with Crippen LogP contribution in [0.25, 0.3) is 0 Å². The summed E-state index contributed by atoms with van der Waals surface area (Å²) in [5, 5.41) is 0.882. The van der Waals surface area contributed by atoms with Gasteiger partial charge in [-0.15, -0.1) is 0 Å². The van der Waals surface area contributed by atoms with Crippen molar-refractivity contribution < 1.29 is 22.8 Å². The normalized spacial score (nSPS) is 20.1. The van der Waals surface area contributed by atoms with Crippen LogP contribution in [0.2, 0.25) is 0 Å². The van der Waals surface area contributed by atoms with Crippen LogP contribution in [0.15, 0.2) is 60.7 Å². The standard InChI is InChI=1S/C19H18F3NO2/c1-25-23-16(13-19(20,21)22)12-18(17(23)24,14-8-4-2-5-9-14)15-10-6-3-7-11-15/h2-11,16H,12-13H2,1H3. The van der Waals surface area contributed by atoms with Gasteiger partial charge in [-0.2, -0.15) is 13.2 Å². The second kappa shape index (κ2) is 6.52. The number of amides is 1. The Labute approximate surface area is 144 Å². The third-order valence-electron chi connectivity index (χ3n) is 4.64.